The number of aromatic amines is 1. The minimum Gasteiger partial charge on any atom is -0.348 e. The number of piperidine rings is 1. The zero-order chi connectivity index (χ0) is 14.7. The summed E-state index contributed by atoms with van der Waals surface area (Å²) in [5.41, 5.74) is 1.02. The highest BCUT2D eigenvalue weighted by atomic mass is 16.2. The Hall–Kier alpha value is -1.40. The molecule has 6 nitrogen and oxygen atoms in total. The fourth-order valence-electron chi connectivity index (χ4n) is 3.54. The van der Waals surface area contributed by atoms with E-state index in [0.29, 0.717) is 6.04 Å². The number of H-pyrrole nitrogens is 1. The highest BCUT2D eigenvalue weighted by Crippen LogP contribution is 2.25. The number of nitrogens with zero attached hydrogens (tertiary/aromatic N) is 2. The predicted octanol–water partition coefficient (Wildman–Crippen LogP) is 0.803. The number of hydrogen-bond acceptors (Lipinski definition) is 4. The van der Waals surface area contributed by atoms with Crippen LogP contribution in [0.3, 0.4) is 0 Å². The van der Waals surface area contributed by atoms with Gasteiger partial charge in [-0.2, -0.15) is 5.10 Å². The van der Waals surface area contributed by atoms with Gasteiger partial charge in [-0.1, -0.05) is 0 Å². The van der Waals surface area contributed by atoms with E-state index in [-0.39, 0.29) is 18.0 Å². The number of hydrogen-bond donors (Lipinski definition) is 3. The maximum Gasteiger partial charge on any atom is 0.237 e. The molecule has 0 bridgehead atoms. The molecule has 0 radical (unpaired) electrons. The van der Waals surface area contributed by atoms with E-state index >= 15 is 0 Å². The quantitative estimate of drug-likeness (QED) is 0.767. The molecule has 0 aliphatic carbocycles. The molecular formula is C15H25N5O. The molecule has 2 atom stereocenters. The van der Waals surface area contributed by atoms with Crippen LogP contribution in [-0.4, -0.2) is 52.7 Å². The van der Waals surface area contributed by atoms with Gasteiger partial charge in [0, 0.05) is 17.8 Å². The fourth-order valence-corrected chi connectivity index (χ4v) is 3.54. The van der Waals surface area contributed by atoms with Crippen LogP contribution in [0.25, 0.3) is 0 Å². The van der Waals surface area contributed by atoms with Gasteiger partial charge >= 0.3 is 0 Å². The Bertz CT molecular complexity index is 455. The zero-order valence-electron chi connectivity index (χ0n) is 12.6. The Morgan fingerprint density at radius 1 is 1.43 bits per heavy atom. The molecule has 0 saturated carbocycles. The summed E-state index contributed by atoms with van der Waals surface area (Å²) in [6, 6.07) is 0.614. The highest BCUT2D eigenvalue weighted by Gasteiger charge is 2.36. The van der Waals surface area contributed by atoms with Gasteiger partial charge in [0.1, 0.15) is 0 Å². The van der Waals surface area contributed by atoms with Gasteiger partial charge in [-0.25, -0.2) is 0 Å². The molecule has 116 valence electrons. The largest absolute Gasteiger partial charge is 0.348 e. The van der Waals surface area contributed by atoms with Crippen molar-refractivity contribution in [3.8, 4) is 0 Å². The van der Waals surface area contributed by atoms with E-state index in [1.54, 1.807) is 6.20 Å². The average Bonchev–Trinajstić information content (AvgIpc) is 3.19. The van der Waals surface area contributed by atoms with Crippen molar-refractivity contribution < 1.29 is 4.79 Å². The summed E-state index contributed by atoms with van der Waals surface area (Å²) in [5.74, 6) is 0.166. The normalized spacial score (nSPS) is 25.9. The molecule has 21 heavy (non-hydrogen) atoms. The Labute approximate surface area is 125 Å². The molecule has 2 fully saturated rings. The Kier molecular flexibility index (Phi) is 4.55. The van der Waals surface area contributed by atoms with Gasteiger partial charge in [-0.05, 0) is 52.2 Å². The van der Waals surface area contributed by atoms with E-state index in [1.165, 1.54) is 0 Å². The van der Waals surface area contributed by atoms with Crippen LogP contribution in [0, 0.1) is 0 Å². The zero-order valence-corrected chi connectivity index (χ0v) is 12.6. The first-order chi connectivity index (χ1) is 10.3. The monoisotopic (exact) mass is 291 g/mol. The topological polar surface area (TPSA) is 73.1 Å². The van der Waals surface area contributed by atoms with Gasteiger partial charge in [0.15, 0.2) is 0 Å². The lowest BCUT2D eigenvalue weighted by Gasteiger charge is -2.35. The highest BCUT2D eigenvalue weighted by molar-refractivity contribution is 5.82. The number of carbonyl (C=O) groups is 1. The molecule has 1 aromatic rings. The Balaban J connectivity index is 1.60. The van der Waals surface area contributed by atoms with Crippen molar-refractivity contribution in [2.24, 2.45) is 0 Å². The minimum atomic E-state index is 0.00622. The number of nitrogens with one attached hydrogen (secondary N) is 3. The van der Waals surface area contributed by atoms with E-state index in [0.717, 1.165) is 50.9 Å². The summed E-state index contributed by atoms with van der Waals surface area (Å²) in [4.78, 5) is 15.0. The van der Waals surface area contributed by atoms with Crippen LogP contribution in [0.2, 0.25) is 0 Å². The third kappa shape index (κ3) is 3.27. The van der Waals surface area contributed by atoms with E-state index in [4.69, 9.17) is 0 Å². The number of carbonyl (C=O) groups excluding carboxylic acids is 1. The molecule has 3 rings (SSSR count). The molecule has 2 aliphatic heterocycles. The molecule has 6 heteroatoms. The van der Waals surface area contributed by atoms with E-state index in [2.05, 4.69) is 25.7 Å². The summed E-state index contributed by atoms with van der Waals surface area (Å²) in [5, 5.41) is 13.3. The summed E-state index contributed by atoms with van der Waals surface area (Å²) in [6.07, 6.45) is 8.02. The number of aromatic nitrogens is 2. The molecule has 0 spiro atoms. The number of amides is 1. The lowest BCUT2D eigenvalue weighted by molar-refractivity contribution is -0.127. The Morgan fingerprint density at radius 2 is 2.24 bits per heavy atom. The summed E-state index contributed by atoms with van der Waals surface area (Å²) in [7, 11) is 0. The van der Waals surface area contributed by atoms with Crippen LogP contribution in [0.15, 0.2) is 12.4 Å². The molecule has 0 aromatic carbocycles. The van der Waals surface area contributed by atoms with Crippen LogP contribution in [-0.2, 0) is 4.79 Å². The molecule has 3 heterocycles. The standard InChI is InChI=1S/C15H25N5O/c1-11(12-9-17-18-10-12)19-15(21)14-3-2-8-20(14)13-4-6-16-7-5-13/h9-11,13-14,16H,2-8H2,1H3,(H,17,18)(H,19,21). The lowest BCUT2D eigenvalue weighted by Crippen LogP contribution is -2.51. The van der Waals surface area contributed by atoms with E-state index < -0.39 is 0 Å². The van der Waals surface area contributed by atoms with Gasteiger partial charge in [0.25, 0.3) is 0 Å². The third-order valence-corrected chi connectivity index (χ3v) is 4.75. The van der Waals surface area contributed by atoms with Crippen molar-refractivity contribution in [1.82, 2.24) is 25.7 Å². The van der Waals surface area contributed by atoms with E-state index in [9.17, 15) is 4.79 Å². The third-order valence-electron chi connectivity index (χ3n) is 4.75. The van der Waals surface area contributed by atoms with Gasteiger partial charge in [0.2, 0.25) is 5.91 Å². The maximum atomic E-state index is 12.6. The van der Waals surface area contributed by atoms with Gasteiger partial charge in [0.05, 0.1) is 18.3 Å². The van der Waals surface area contributed by atoms with Gasteiger partial charge in [-0.15, -0.1) is 0 Å². The van der Waals surface area contributed by atoms with Crippen molar-refractivity contribution in [2.75, 3.05) is 19.6 Å². The van der Waals surface area contributed by atoms with E-state index in [1.807, 2.05) is 13.1 Å². The van der Waals surface area contributed by atoms with Crippen molar-refractivity contribution in [2.45, 2.75) is 50.7 Å². The molecule has 3 N–H and O–H groups in total. The molecule has 2 aliphatic rings. The second-order valence-corrected chi connectivity index (χ2v) is 6.14. The number of rotatable bonds is 4. The first-order valence-corrected chi connectivity index (χ1v) is 8.01. The second kappa shape index (κ2) is 6.58. The predicted molar refractivity (Wildman–Crippen MR) is 80.8 cm³/mol. The van der Waals surface area contributed by atoms with Crippen LogP contribution in [0.1, 0.15) is 44.2 Å². The average molecular weight is 291 g/mol. The Morgan fingerprint density at radius 3 is 2.95 bits per heavy atom. The first-order valence-electron chi connectivity index (χ1n) is 8.01. The van der Waals surface area contributed by atoms with Crippen LogP contribution in [0.4, 0.5) is 0 Å². The van der Waals surface area contributed by atoms with Crippen LogP contribution in [0.5, 0.6) is 0 Å². The van der Waals surface area contributed by atoms with Crippen molar-refractivity contribution in [1.29, 1.82) is 0 Å². The smallest absolute Gasteiger partial charge is 0.237 e. The van der Waals surface area contributed by atoms with Crippen LogP contribution >= 0.6 is 0 Å². The van der Waals surface area contributed by atoms with Crippen molar-refractivity contribution in [3.63, 3.8) is 0 Å². The fraction of sp³-hybridized carbons (Fsp3) is 0.733. The summed E-state index contributed by atoms with van der Waals surface area (Å²) >= 11 is 0. The molecule has 1 aromatic heterocycles. The lowest BCUT2D eigenvalue weighted by atomic mass is 10.0. The molecule has 2 unspecified atom stereocenters. The minimum absolute atomic E-state index is 0.00622. The van der Waals surface area contributed by atoms with Crippen LogP contribution < -0.4 is 10.6 Å². The SMILES string of the molecule is CC(NC(=O)C1CCCN1C1CCNCC1)c1cn[nH]c1. The maximum absolute atomic E-state index is 12.6. The molecule has 1 amide bonds. The molecule has 2 saturated heterocycles. The van der Waals surface area contributed by atoms with Gasteiger partial charge < -0.3 is 10.6 Å². The summed E-state index contributed by atoms with van der Waals surface area (Å²) in [6.45, 7) is 5.21. The first kappa shape index (κ1) is 14.5. The van der Waals surface area contributed by atoms with Gasteiger partial charge in [-0.3, -0.25) is 14.8 Å². The number of likely N-dealkylation sites (tertiary alicyclic amines) is 1. The van der Waals surface area contributed by atoms with Crippen molar-refractivity contribution >= 4 is 5.91 Å². The van der Waals surface area contributed by atoms with Crippen molar-refractivity contribution in [3.05, 3.63) is 18.0 Å². The second-order valence-electron chi connectivity index (χ2n) is 6.14. The summed E-state index contributed by atoms with van der Waals surface area (Å²) < 4.78 is 0. The molecular weight excluding hydrogens is 266 g/mol.